The van der Waals surface area contributed by atoms with Gasteiger partial charge in [0.15, 0.2) is 0 Å². The number of benzene rings is 4. The van der Waals surface area contributed by atoms with Gasteiger partial charge in [-0.05, 0) is 117 Å². The van der Waals surface area contributed by atoms with E-state index in [1.807, 2.05) is 71.6 Å². The minimum absolute atomic E-state index is 0.0604. The molecule has 0 aliphatic carbocycles. The van der Waals surface area contributed by atoms with Crippen LogP contribution in [-0.4, -0.2) is 71.1 Å². The molecule has 2 aliphatic heterocycles. The standard InChI is InChI=1S/C43H42FN3O3/c1-31(45-39-24-26-46(27-25-39)42(49)37-20-14-33(15-21-37)11-10-32-7-3-2-4-8-32)6-5-9-36-19-18-35(28-41(36)44)13-12-34-16-22-38(23-17-34)43(50)47-29-40(48)30-47/h2-4,7-8,14-23,28,31,39-40,45,48H,5-6,9,24-27,29-30H2,1H3. The van der Waals surface area contributed by atoms with E-state index in [4.69, 9.17) is 0 Å². The van der Waals surface area contributed by atoms with Crippen molar-refractivity contribution in [3.05, 3.63) is 142 Å². The number of piperidine rings is 1. The predicted octanol–water partition coefficient (Wildman–Crippen LogP) is 6.05. The number of halogens is 1. The summed E-state index contributed by atoms with van der Waals surface area (Å²) in [7, 11) is 0. The van der Waals surface area contributed by atoms with Crippen molar-refractivity contribution in [3.63, 3.8) is 0 Å². The van der Waals surface area contributed by atoms with Crippen LogP contribution in [0.1, 0.15) is 81.1 Å². The van der Waals surface area contributed by atoms with Crippen molar-refractivity contribution >= 4 is 11.8 Å². The summed E-state index contributed by atoms with van der Waals surface area (Å²) in [6.45, 7) is 4.34. The average Bonchev–Trinajstić information content (AvgIpc) is 3.13. The number of nitrogens with zero attached hydrogens (tertiary/aromatic N) is 2. The number of aliphatic hydroxyl groups is 1. The summed E-state index contributed by atoms with van der Waals surface area (Å²) >= 11 is 0. The van der Waals surface area contributed by atoms with Crippen molar-refractivity contribution in [2.75, 3.05) is 26.2 Å². The molecule has 50 heavy (non-hydrogen) atoms. The van der Waals surface area contributed by atoms with Gasteiger partial charge in [-0.1, -0.05) is 47.9 Å². The van der Waals surface area contributed by atoms with Crippen molar-refractivity contribution in [1.29, 1.82) is 0 Å². The monoisotopic (exact) mass is 667 g/mol. The van der Waals surface area contributed by atoms with Crippen LogP contribution in [0.2, 0.25) is 0 Å². The highest BCUT2D eigenvalue weighted by molar-refractivity contribution is 5.95. The van der Waals surface area contributed by atoms with E-state index in [2.05, 4.69) is 35.9 Å². The van der Waals surface area contributed by atoms with Gasteiger partial charge in [-0.3, -0.25) is 9.59 Å². The lowest BCUT2D eigenvalue weighted by Gasteiger charge is -2.35. The molecule has 7 heteroatoms. The van der Waals surface area contributed by atoms with Crippen LogP contribution in [0.3, 0.4) is 0 Å². The largest absolute Gasteiger partial charge is 0.389 e. The molecule has 2 saturated heterocycles. The Bertz CT molecular complexity index is 1910. The third-order valence-electron chi connectivity index (χ3n) is 9.33. The number of amides is 2. The highest BCUT2D eigenvalue weighted by Gasteiger charge is 2.29. The number of β-amino-alcohol motifs (C(OH)–C–C–N with tert-alkyl or cyclic N) is 1. The lowest BCUT2D eigenvalue weighted by molar-refractivity contribution is 0.00589. The Morgan fingerprint density at radius 2 is 1.28 bits per heavy atom. The van der Waals surface area contributed by atoms with E-state index in [1.54, 1.807) is 29.2 Å². The summed E-state index contributed by atoms with van der Waals surface area (Å²) in [6, 6.07) is 30.2. The first kappa shape index (κ1) is 34.6. The van der Waals surface area contributed by atoms with Crippen molar-refractivity contribution in [1.82, 2.24) is 15.1 Å². The van der Waals surface area contributed by atoms with Gasteiger partial charge >= 0.3 is 0 Å². The van der Waals surface area contributed by atoms with E-state index in [0.29, 0.717) is 66.9 Å². The number of carbonyl (C=O) groups is 2. The molecule has 0 bridgehead atoms. The predicted molar refractivity (Wildman–Crippen MR) is 194 cm³/mol. The molecule has 0 spiro atoms. The van der Waals surface area contributed by atoms with Crippen molar-refractivity contribution < 1.29 is 19.1 Å². The van der Waals surface area contributed by atoms with E-state index in [0.717, 1.165) is 42.4 Å². The Morgan fingerprint density at radius 1 is 0.760 bits per heavy atom. The summed E-state index contributed by atoms with van der Waals surface area (Å²) in [6.07, 6.45) is 3.81. The van der Waals surface area contributed by atoms with Crippen LogP contribution in [-0.2, 0) is 6.42 Å². The van der Waals surface area contributed by atoms with Crippen molar-refractivity contribution in [3.8, 4) is 23.7 Å². The van der Waals surface area contributed by atoms with Gasteiger partial charge in [0.25, 0.3) is 11.8 Å². The number of hydrogen-bond donors (Lipinski definition) is 2. The average molecular weight is 668 g/mol. The van der Waals surface area contributed by atoms with Crippen molar-refractivity contribution in [2.45, 2.75) is 57.2 Å². The zero-order valence-corrected chi connectivity index (χ0v) is 28.4. The molecule has 2 fully saturated rings. The number of likely N-dealkylation sites (tertiary alicyclic amines) is 2. The van der Waals surface area contributed by atoms with E-state index in [9.17, 15) is 19.1 Å². The van der Waals surface area contributed by atoms with Crippen LogP contribution >= 0.6 is 0 Å². The molecular weight excluding hydrogens is 625 g/mol. The summed E-state index contributed by atoms with van der Waals surface area (Å²) in [4.78, 5) is 29.0. The second kappa shape index (κ2) is 16.5. The first-order chi connectivity index (χ1) is 24.3. The number of aryl methyl sites for hydroxylation is 1. The molecule has 2 aliphatic rings. The van der Waals surface area contributed by atoms with Crippen LogP contribution in [0.5, 0.6) is 0 Å². The Kier molecular flexibility index (Phi) is 11.4. The number of carbonyl (C=O) groups excluding carboxylic acids is 2. The molecule has 4 aromatic carbocycles. The van der Waals surface area contributed by atoms with E-state index in [-0.39, 0.29) is 17.6 Å². The highest BCUT2D eigenvalue weighted by atomic mass is 19.1. The van der Waals surface area contributed by atoms with Gasteiger partial charge in [-0.15, -0.1) is 0 Å². The van der Waals surface area contributed by atoms with Gasteiger partial charge in [0.2, 0.25) is 0 Å². The van der Waals surface area contributed by atoms with Gasteiger partial charge in [-0.2, -0.15) is 0 Å². The number of aliphatic hydroxyl groups excluding tert-OH is 1. The zero-order valence-electron chi connectivity index (χ0n) is 28.4. The normalized spacial score (nSPS) is 15.3. The Labute approximate surface area is 294 Å². The molecule has 0 aromatic heterocycles. The molecule has 2 heterocycles. The van der Waals surface area contributed by atoms with Crippen LogP contribution in [0.4, 0.5) is 4.39 Å². The SMILES string of the molecule is CC(CCCc1ccc(C#Cc2ccc(C(=O)N3CC(O)C3)cc2)cc1F)NC1CCN(C(=O)c2ccc(C#Cc3ccccc3)cc2)CC1. The number of rotatable bonds is 8. The fraction of sp³-hybridized carbons (Fsp3) is 0.302. The molecule has 6 rings (SSSR count). The molecule has 1 atom stereocenters. The van der Waals surface area contributed by atoms with Gasteiger partial charge < -0.3 is 20.2 Å². The second-order valence-corrected chi connectivity index (χ2v) is 13.2. The quantitative estimate of drug-likeness (QED) is 0.225. The van der Waals surface area contributed by atoms with Crippen molar-refractivity contribution in [2.24, 2.45) is 0 Å². The molecule has 6 nitrogen and oxygen atoms in total. The number of nitrogens with one attached hydrogen (secondary N) is 1. The first-order valence-corrected chi connectivity index (χ1v) is 17.4. The van der Waals surface area contributed by atoms with E-state index < -0.39 is 6.10 Å². The molecule has 254 valence electrons. The van der Waals surface area contributed by atoms with Crippen LogP contribution in [0.15, 0.2) is 97.1 Å². The number of hydrogen-bond acceptors (Lipinski definition) is 4. The van der Waals surface area contributed by atoms with Gasteiger partial charge in [-0.25, -0.2) is 4.39 Å². The zero-order chi connectivity index (χ0) is 34.9. The molecule has 2 amide bonds. The second-order valence-electron chi connectivity index (χ2n) is 13.2. The van der Waals surface area contributed by atoms with Crippen LogP contribution in [0, 0.1) is 29.5 Å². The summed E-state index contributed by atoms with van der Waals surface area (Å²) < 4.78 is 14.9. The molecule has 4 aromatic rings. The third-order valence-corrected chi connectivity index (χ3v) is 9.33. The van der Waals surface area contributed by atoms with Gasteiger partial charge in [0.1, 0.15) is 5.82 Å². The maximum atomic E-state index is 14.9. The van der Waals surface area contributed by atoms with Crippen LogP contribution < -0.4 is 5.32 Å². The minimum atomic E-state index is -0.431. The lowest BCUT2D eigenvalue weighted by Crippen LogP contribution is -2.53. The lowest BCUT2D eigenvalue weighted by atomic mass is 10.00. The van der Waals surface area contributed by atoms with Crippen LogP contribution in [0.25, 0.3) is 0 Å². The molecule has 2 N–H and O–H groups in total. The third kappa shape index (κ3) is 9.27. The van der Waals surface area contributed by atoms with Gasteiger partial charge in [0, 0.05) is 71.6 Å². The minimum Gasteiger partial charge on any atom is -0.389 e. The topological polar surface area (TPSA) is 72.9 Å². The maximum absolute atomic E-state index is 14.9. The molecule has 1 unspecified atom stereocenters. The summed E-state index contributed by atoms with van der Waals surface area (Å²) in [5.74, 6) is 12.1. The summed E-state index contributed by atoms with van der Waals surface area (Å²) in [5, 5.41) is 13.1. The molecular formula is C43H42FN3O3. The molecule has 0 radical (unpaired) electrons. The molecule has 0 saturated carbocycles. The summed E-state index contributed by atoms with van der Waals surface area (Å²) in [5.41, 5.74) is 5.12. The Hall–Kier alpha value is -5.21. The van der Waals surface area contributed by atoms with E-state index >= 15 is 0 Å². The van der Waals surface area contributed by atoms with Gasteiger partial charge in [0.05, 0.1) is 6.10 Å². The fourth-order valence-corrected chi connectivity index (χ4v) is 6.35. The smallest absolute Gasteiger partial charge is 0.254 e. The van der Waals surface area contributed by atoms with E-state index in [1.165, 1.54) is 6.07 Å². The highest BCUT2D eigenvalue weighted by Crippen LogP contribution is 2.18. The Balaban J connectivity index is 0.901. The maximum Gasteiger partial charge on any atom is 0.254 e. The first-order valence-electron chi connectivity index (χ1n) is 17.4. The fourth-order valence-electron chi connectivity index (χ4n) is 6.35. The Morgan fingerprint density at radius 3 is 1.84 bits per heavy atom.